The molecule has 2 rings (SSSR count). The molecule has 0 aromatic heterocycles. The van der Waals surface area contributed by atoms with Gasteiger partial charge in [0.25, 0.3) is 0 Å². The molecule has 0 saturated heterocycles. The third kappa shape index (κ3) is 2.39. The van der Waals surface area contributed by atoms with Gasteiger partial charge in [-0.25, -0.2) is 5.43 Å². The number of carbonyl (C=O) groups is 1. The highest BCUT2D eigenvalue weighted by Gasteiger charge is 2.13. The van der Waals surface area contributed by atoms with Gasteiger partial charge in [-0.1, -0.05) is 12.1 Å². The number of benzene rings is 1. The highest BCUT2D eigenvalue weighted by atomic mass is 16.5. The van der Waals surface area contributed by atoms with E-state index in [-0.39, 0.29) is 5.91 Å². The summed E-state index contributed by atoms with van der Waals surface area (Å²) in [6.45, 7) is 2.59. The summed E-state index contributed by atoms with van der Waals surface area (Å²) in [6, 6.07) is 7.76. The van der Waals surface area contributed by atoms with Gasteiger partial charge in [-0.15, -0.1) is 0 Å². The molecule has 4 heteroatoms. The van der Waals surface area contributed by atoms with E-state index in [1.54, 1.807) is 0 Å². The number of hydrogen-bond donors (Lipinski definition) is 1. The van der Waals surface area contributed by atoms with E-state index in [0.29, 0.717) is 19.4 Å². The first kappa shape index (κ1) is 10.7. The van der Waals surface area contributed by atoms with Gasteiger partial charge in [0.15, 0.2) is 0 Å². The van der Waals surface area contributed by atoms with Crippen molar-refractivity contribution in [3.8, 4) is 5.75 Å². The van der Waals surface area contributed by atoms with Crippen molar-refractivity contribution in [1.82, 2.24) is 5.43 Å². The predicted octanol–water partition coefficient (Wildman–Crippen LogP) is 1.70. The monoisotopic (exact) mass is 218 g/mol. The molecule has 1 aromatic rings. The lowest BCUT2D eigenvalue weighted by molar-refractivity contribution is -0.121. The van der Waals surface area contributed by atoms with Crippen LogP contribution in [0.5, 0.6) is 5.75 Å². The standard InChI is InChI=1S/C12H14N2O2/c1-2-16-10-5-3-4-9(8-10)11-6-7-12(15)14-13-11/h3-5,8H,2,6-7H2,1H3,(H,14,15). The molecule has 0 unspecified atom stereocenters. The average molecular weight is 218 g/mol. The molecule has 1 N–H and O–H groups in total. The summed E-state index contributed by atoms with van der Waals surface area (Å²) < 4.78 is 5.42. The van der Waals surface area contributed by atoms with Crippen molar-refractivity contribution < 1.29 is 9.53 Å². The van der Waals surface area contributed by atoms with Gasteiger partial charge < -0.3 is 4.74 Å². The minimum atomic E-state index is -0.0234. The second-order valence-electron chi connectivity index (χ2n) is 3.55. The van der Waals surface area contributed by atoms with Crippen LogP contribution in [0.3, 0.4) is 0 Å². The van der Waals surface area contributed by atoms with Gasteiger partial charge in [0, 0.05) is 18.4 Å². The minimum absolute atomic E-state index is 0.0234. The zero-order valence-electron chi connectivity index (χ0n) is 9.19. The fraction of sp³-hybridized carbons (Fsp3) is 0.333. The average Bonchev–Trinajstić information content (AvgIpc) is 2.31. The lowest BCUT2D eigenvalue weighted by Crippen LogP contribution is -2.25. The van der Waals surface area contributed by atoms with Gasteiger partial charge in [0.05, 0.1) is 12.3 Å². The molecule has 0 spiro atoms. The normalized spacial score (nSPS) is 15.3. The highest BCUT2D eigenvalue weighted by Crippen LogP contribution is 2.16. The van der Waals surface area contributed by atoms with Gasteiger partial charge >= 0.3 is 0 Å². The van der Waals surface area contributed by atoms with E-state index in [1.165, 1.54) is 0 Å². The number of carbonyl (C=O) groups excluding carboxylic acids is 1. The van der Waals surface area contributed by atoms with Crippen LogP contribution in [-0.4, -0.2) is 18.2 Å². The maximum atomic E-state index is 11.0. The highest BCUT2D eigenvalue weighted by molar-refractivity contribution is 6.04. The van der Waals surface area contributed by atoms with Crippen LogP contribution in [0, 0.1) is 0 Å². The maximum Gasteiger partial charge on any atom is 0.240 e. The largest absolute Gasteiger partial charge is 0.494 e. The van der Waals surface area contributed by atoms with Crippen molar-refractivity contribution in [3.05, 3.63) is 29.8 Å². The Labute approximate surface area is 94.3 Å². The van der Waals surface area contributed by atoms with E-state index in [4.69, 9.17) is 4.74 Å². The minimum Gasteiger partial charge on any atom is -0.494 e. The SMILES string of the molecule is CCOc1cccc(C2=NNC(=O)CC2)c1. The van der Waals surface area contributed by atoms with Crippen LogP contribution in [0.25, 0.3) is 0 Å². The number of amides is 1. The first-order valence-corrected chi connectivity index (χ1v) is 5.38. The Balaban J connectivity index is 2.20. The number of hydrogen-bond acceptors (Lipinski definition) is 3. The molecule has 0 atom stereocenters. The van der Waals surface area contributed by atoms with Crippen molar-refractivity contribution in [2.45, 2.75) is 19.8 Å². The van der Waals surface area contributed by atoms with E-state index in [0.717, 1.165) is 17.0 Å². The molecule has 84 valence electrons. The molecular formula is C12H14N2O2. The molecular weight excluding hydrogens is 204 g/mol. The third-order valence-corrected chi connectivity index (χ3v) is 2.38. The van der Waals surface area contributed by atoms with E-state index in [2.05, 4.69) is 10.5 Å². The molecule has 0 aliphatic carbocycles. The molecule has 0 saturated carbocycles. The van der Waals surface area contributed by atoms with Crippen molar-refractivity contribution in [1.29, 1.82) is 0 Å². The van der Waals surface area contributed by atoms with Crippen LogP contribution >= 0.6 is 0 Å². The summed E-state index contributed by atoms with van der Waals surface area (Å²) in [4.78, 5) is 11.0. The Kier molecular flexibility index (Phi) is 3.19. The Hall–Kier alpha value is -1.84. The number of nitrogens with zero attached hydrogens (tertiary/aromatic N) is 1. The topological polar surface area (TPSA) is 50.7 Å². The molecule has 0 radical (unpaired) electrons. The zero-order chi connectivity index (χ0) is 11.4. The van der Waals surface area contributed by atoms with Crippen LogP contribution < -0.4 is 10.2 Å². The molecule has 1 aliphatic heterocycles. The van der Waals surface area contributed by atoms with E-state index in [1.807, 2.05) is 31.2 Å². The fourth-order valence-electron chi connectivity index (χ4n) is 1.61. The number of ether oxygens (including phenoxy) is 1. The van der Waals surface area contributed by atoms with Gasteiger partial charge in [-0.3, -0.25) is 4.79 Å². The molecule has 1 heterocycles. The quantitative estimate of drug-likeness (QED) is 0.839. The van der Waals surface area contributed by atoms with Crippen LogP contribution in [0.2, 0.25) is 0 Å². The number of rotatable bonds is 3. The Morgan fingerprint density at radius 3 is 3.00 bits per heavy atom. The van der Waals surface area contributed by atoms with Crippen molar-refractivity contribution in [3.63, 3.8) is 0 Å². The summed E-state index contributed by atoms with van der Waals surface area (Å²) in [5, 5.41) is 4.04. The fourth-order valence-corrected chi connectivity index (χ4v) is 1.61. The molecule has 0 bridgehead atoms. The van der Waals surface area contributed by atoms with Crippen molar-refractivity contribution >= 4 is 11.6 Å². The molecule has 16 heavy (non-hydrogen) atoms. The van der Waals surface area contributed by atoms with Gasteiger partial charge in [0.1, 0.15) is 5.75 Å². The third-order valence-electron chi connectivity index (χ3n) is 2.38. The molecule has 4 nitrogen and oxygen atoms in total. The van der Waals surface area contributed by atoms with E-state index in [9.17, 15) is 4.79 Å². The summed E-state index contributed by atoms with van der Waals surface area (Å²) >= 11 is 0. The van der Waals surface area contributed by atoms with Crippen LogP contribution in [0.15, 0.2) is 29.4 Å². The van der Waals surface area contributed by atoms with E-state index < -0.39 is 0 Å². The molecule has 1 aliphatic rings. The van der Waals surface area contributed by atoms with E-state index >= 15 is 0 Å². The Morgan fingerprint density at radius 1 is 1.44 bits per heavy atom. The second-order valence-corrected chi connectivity index (χ2v) is 3.55. The van der Waals surface area contributed by atoms with Gasteiger partial charge in [-0.2, -0.15) is 5.10 Å². The summed E-state index contributed by atoms with van der Waals surface area (Å²) in [6.07, 6.45) is 1.18. The van der Waals surface area contributed by atoms with Crippen LogP contribution in [0.1, 0.15) is 25.3 Å². The van der Waals surface area contributed by atoms with Crippen LogP contribution in [0.4, 0.5) is 0 Å². The summed E-state index contributed by atoms with van der Waals surface area (Å²) in [5.41, 5.74) is 4.40. The molecule has 0 fully saturated rings. The second kappa shape index (κ2) is 4.79. The van der Waals surface area contributed by atoms with Gasteiger partial charge in [0.2, 0.25) is 5.91 Å². The lowest BCUT2D eigenvalue weighted by atomic mass is 10.0. The first-order chi connectivity index (χ1) is 7.79. The first-order valence-electron chi connectivity index (χ1n) is 5.38. The molecule has 1 amide bonds. The maximum absolute atomic E-state index is 11.0. The van der Waals surface area contributed by atoms with Crippen LogP contribution in [-0.2, 0) is 4.79 Å². The number of nitrogens with one attached hydrogen (secondary N) is 1. The summed E-state index contributed by atoms with van der Waals surface area (Å²) in [7, 11) is 0. The smallest absolute Gasteiger partial charge is 0.240 e. The Morgan fingerprint density at radius 2 is 2.31 bits per heavy atom. The molecule has 1 aromatic carbocycles. The van der Waals surface area contributed by atoms with Crippen molar-refractivity contribution in [2.75, 3.05) is 6.61 Å². The lowest BCUT2D eigenvalue weighted by Gasteiger charge is -2.12. The summed E-state index contributed by atoms with van der Waals surface area (Å²) in [5.74, 6) is 0.810. The number of hydrazone groups is 1. The van der Waals surface area contributed by atoms with Crippen molar-refractivity contribution in [2.24, 2.45) is 5.10 Å². The predicted molar refractivity (Wildman–Crippen MR) is 61.5 cm³/mol. The Bertz CT molecular complexity index is 427. The van der Waals surface area contributed by atoms with Gasteiger partial charge in [-0.05, 0) is 19.1 Å². The zero-order valence-corrected chi connectivity index (χ0v) is 9.19.